The number of hydrogen-bond donors (Lipinski definition) is 0. The molecule has 3 aromatic heterocycles. The molecule has 0 aliphatic carbocycles. The predicted octanol–water partition coefficient (Wildman–Crippen LogP) is 5.43. The lowest BCUT2D eigenvalue weighted by Gasteiger charge is -2.23. The van der Waals surface area contributed by atoms with Crippen molar-refractivity contribution in [2.45, 2.75) is 38.6 Å². The van der Waals surface area contributed by atoms with E-state index >= 15 is 0 Å². The number of aromatic nitrogens is 4. The minimum absolute atomic E-state index is 0.0556. The van der Waals surface area contributed by atoms with Crippen molar-refractivity contribution >= 4 is 39.8 Å². The topological polar surface area (TPSA) is 77.1 Å². The number of benzene rings is 1. The second kappa shape index (κ2) is 8.68. The number of aryl methyl sites for hydroxylation is 3. The van der Waals surface area contributed by atoms with Gasteiger partial charge in [0.25, 0.3) is 0 Å². The molecule has 4 rings (SSSR count). The highest BCUT2D eigenvalue weighted by Crippen LogP contribution is 2.35. The third kappa shape index (κ3) is 4.28. The van der Waals surface area contributed by atoms with E-state index in [2.05, 4.69) is 29.3 Å². The maximum atomic E-state index is 12.5. The van der Waals surface area contributed by atoms with Gasteiger partial charge in [-0.3, -0.25) is 9.69 Å². The zero-order valence-electron chi connectivity index (χ0n) is 18.0. The van der Waals surface area contributed by atoms with E-state index in [1.165, 1.54) is 16.9 Å². The van der Waals surface area contributed by atoms with Crippen molar-refractivity contribution in [2.24, 2.45) is 7.05 Å². The van der Waals surface area contributed by atoms with E-state index in [1.54, 1.807) is 29.8 Å². The van der Waals surface area contributed by atoms with E-state index in [4.69, 9.17) is 9.40 Å². The molecule has 0 bridgehead atoms. The van der Waals surface area contributed by atoms with Crippen molar-refractivity contribution < 1.29 is 9.21 Å². The van der Waals surface area contributed by atoms with Gasteiger partial charge in [-0.2, -0.15) is 0 Å². The summed E-state index contributed by atoms with van der Waals surface area (Å²) in [7, 11) is 1.91. The van der Waals surface area contributed by atoms with Crippen LogP contribution in [0.4, 0.5) is 10.8 Å². The van der Waals surface area contributed by atoms with Gasteiger partial charge in [-0.25, -0.2) is 4.98 Å². The molecule has 31 heavy (non-hydrogen) atoms. The average Bonchev–Trinajstić information content (AvgIpc) is 3.44. The quantitative estimate of drug-likeness (QED) is 0.362. The zero-order valence-corrected chi connectivity index (χ0v) is 19.7. The largest absolute Gasteiger partial charge is 0.461 e. The average molecular weight is 454 g/mol. The third-order valence-corrected chi connectivity index (χ3v) is 6.76. The van der Waals surface area contributed by atoms with Crippen LogP contribution in [-0.2, 0) is 17.6 Å². The van der Waals surface area contributed by atoms with Crippen LogP contribution in [0.25, 0.3) is 11.6 Å². The molecule has 1 aromatic carbocycles. The number of furan rings is 1. The molecular formula is C22H23N5O2S2. The van der Waals surface area contributed by atoms with E-state index in [9.17, 15) is 4.79 Å². The Bertz CT molecular complexity index is 1200. The summed E-state index contributed by atoms with van der Waals surface area (Å²) in [5.74, 6) is 1.93. The first-order valence-corrected chi connectivity index (χ1v) is 11.6. The minimum Gasteiger partial charge on any atom is -0.461 e. The van der Waals surface area contributed by atoms with Crippen molar-refractivity contribution in [3.05, 3.63) is 58.3 Å². The van der Waals surface area contributed by atoms with Gasteiger partial charge < -0.3 is 8.98 Å². The fraction of sp³-hybridized carbons (Fsp3) is 0.273. The van der Waals surface area contributed by atoms with Gasteiger partial charge in [0.2, 0.25) is 5.91 Å². The Morgan fingerprint density at radius 1 is 1.23 bits per heavy atom. The normalized spacial score (nSPS) is 11.1. The molecule has 0 saturated carbocycles. The van der Waals surface area contributed by atoms with Gasteiger partial charge in [0.15, 0.2) is 21.9 Å². The van der Waals surface area contributed by atoms with Crippen LogP contribution in [0, 0.1) is 20.8 Å². The van der Waals surface area contributed by atoms with Gasteiger partial charge in [0.1, 0.15) is 0 Å². The molecule has 0 aliphatic rings. The standard InChI is InChI=1S/C22H23N5O2S2/c1-13-9-14(2)19(15(3)10-13)27(16(4)28)21-23-17(11-30-21)12-31-22-25-24-20(26(22)5)18-7-6-8-29-18/h6-11H,12H2,1-5H3. The molecule has 0 atom stereocenters. The molecular weight excluding hydrogens is 430 g/mol. The monoisotopic (exact) mass is 453 g/mol. The summed E-state index contributed by atoms with van der Waals surface area (Å²) in [4.78, 5) is 19.0. The van der Waals surface area contributed by atoms with E-state index in [0.717, 1.165) is 27.7 Å². The summed E-state index contributed by atoms with van der Waals surface area (Å²) < 4.78 is 7.32. The van der Waals surface area contributed by atoms with Gasteiger partial charge in [0.05, 0.1) is 17.6 Å². The SMILES string of the molecule is CC(=O)N(c1nc(CSc2nnc(-c3ccco3)n2C)cs1)c1c(C)cc(C)cc1C. The van der Waals surface area contributed by atoms with E-state index in [-0.39, 0.29) is 5.91 Å². The molecule has 1 amide bonds. The van der Waals surface area contributed by atoms with Crippen LogP contribution in [0.5, 0.6) is 0 Å². The van der Waals surface area contributed by atoms with Crippen molar-refractivity contribution in [2.75, 3.05) is 4.90 Å². The molecule has 4 aromatic rings. The third-order valence-electron chi connectivity index (χ3n) is 4.83. The molecule has 7 nitrogen and oxygen atoms in total. The van der Waals surface area contributed by atoms with Crippen molar-refractivity contribution in [1.29, 1.82) is 0 Å². The van der Waals surface area contributed by atoms with Crippen LogP contribution in [0.15, 0.2) is 45.5 Å². The van der Waals surface area contributed by atoms with Crippen LogP contribution >= 0.6 is 23.1 Å². The number of amides is 1. The molecule has 0 aliphatic heterocycles. The molecule has 0 fully saturated rings. The summed E-state index contributed by atoms with van der Waals surface area (Å²) in [6.45, 7) is 7.69. The maximum Gasteiger partial charge on any atom is 0.230 e. The number of carbonyl (C=O) groups is 1. The Morgan fingerprint density at radius 3 is 2.61 bits per heavy atom. The Balaban J connectivity index is 1.55. The number of anilines is 2. The smallest absolute Gasteiger partial charge is 0.230 e. The highest BCUT2D eigenvalue weighted by molar-refractivity contribution is 7.98. The molecule has 0 saturated heterocycles. The van der Waals surface area contributed by atoms with Crippen LogP contribution in [0.2, 0.25) is 0 Å². The first kappa shape index (κ1) is 21.3. The minimum atomic E-state index is -0.0556. The molecule has 0 spiro atoms. The predicted molar refractivity (Wildman–Crippen MR) is 124 cm³/mol. The molecule has 9 heteroatoms. The van der Waals surface area contributed by atoms with Gasteiger partial charge >= 0.3 is 0 Å². The summed E-state index contributed by atoms with van der Waals surface area (Å²) in [6, 6.07) is 7.86. The van der Waals surface area contributed by atoms with Gasteiger partial charge in [-0.05, 0) is 44.0 Å². The van der Waals surface area contributed by atoms with Crippen LogP contribution in [0.3, 0.4) is 0 Å². The lowest BCUT2D eigenvalue weighted by molar-refractivity contribution is -0.115. The van der Waals surface area contributed by atoms with E-state index < -0.39 is 0 Å². The fourth-order valence-electron chi connectivity index (χ4n) is 3.58. The molecule has 0 unspecified atom stereocenters. The summed E-state index contributed by atoms with van der Waals surface area (Å²) in [5, 5.41) is 11.9. The zero-order chi connectivity index (χ0) is 22.1. The van der Waals surface area contributed by atoms with Gasteiger partial charge in [0, 0.05) is 25.1 Å². The number of carbonyl (C=O) groups excluding carboxylic acids is 1. The second-order valence-electron chi connectivity index (χ2n) is 7.35. The fourth-order valence-corrected chi connectivity index (χ4v) is 5.36. The first-order chi connectivity index (χ1) is 14.8. The molecule has 3 heterocycles. The number of thiazole rings is 1. The van der Waals surface area contributed by atoms with Gasteiger partial charge in [-0.1, -0.05) is 29.5 Å². The first-order valence-electron chi connectivity index (χ1n) is 9.74. The summed E-state index contributed by atoms with van der Waals surface area (Å²) in [6.07, 6.45) is 1.62. The number of nitrogens with zero attached hydrogens (tertiary/aromatic N) is 5. The Morgan fingerprint density at radius 2 is 1.97 bits per heavy atom. The summed E-state index contributed by atoms with van der Waals surface area (Å²) >= 11 is 3.01. The Hall–Kier alpha value is -2.91. The molecule has 0 N–H and O–H groups in total. The van der Waals surface area contributed by atoms with E-state index in [1.807, 2.05) is 43.0 Å². The van der Waals surface area contributed by atoms with E-state index in [0.29, 0.717) is 22.5 Å². The lowest BCUT2D eigenvalue weighted by Crippen LogP contribution is -2.24. The number of thioether (sulfide) groups is 1. The Labute approximate surface area is 189 Å². The number of hydrogen-bond acceptors (Lipinski definition) is 7. The van der Waals surface area contributed by atoms with Crippen molar-refractivity contribution in [3.63, 3.8) is 0 Å². The maximum absolute atomic E-state index is 12.5. The van der Waals surface area contributed by atoms with Crippen LogP contribution < -0.4 is 4.90 Å². The van der Waals surface area contributed by atoms with Crippen LogP contribution in [-0.4, -0.2) is 25.7 Å². The second-order valence-corrected chi connectivity index (χ2v) is 9.13. The molecule has 160 valence electrons. The van der Waals surface area contributed by atoms with Crippen LogP contribution in [0.1, 0.15) is 29.3 Å². The lowest BCUT2D eigenvalue weighted by atomic mass is 10.0. The molecule has 0 radical (unpaired) electrons. The highest BCUT2D eigenvalue weighted by Gasteiger charge is 2.22. The van der Waals surface area contributed by atoms with Crippen molar-refractivity contribution in [1.82, 2.24) is 19.7 Å². The Kier molecular flexibility index (Phi) is 5.97. The summed E-state index contributed by atoms with van der Waals surface area (Å²) in [5.41, 5.74) is 5.09. The number of rotatable bonds is 6. The highest BCUT2D eigenvalue weighted by atomic mass is 32.2. The van der Waals surface area contributed by atoms with Gasteiger partial charge in [-0.15, -0.1) is 21.5 Å². The van der Waals surface area contributed by atoms with Crippen molar-refractivity contribution in [3.8, 4) is 11.6 Å².